The summed E-state index contributed by atoms with van der Waals surface area (Å²) in [6.07, 6.45) is -2.83. The fourth-order valence-corrected chi connectivity index (χ4v) is 2.31. The number of carbonyl (C=O) groups excluding carboxylic acids is 1. The minimum absolute atomic E-state index is 0. The largest absolute Gasteiger partial charge is 0.401 e. The van der Waals surface area contributed by atoms with Gasteiger partial charge in [-0.05, 0) is 12.3 Å². The van der Waals surface area contributed by atoms with Crippen LogP contribution in [0.3, 0.4) is 0 Å². The minimum atomic E-state index is -4.19. The van der Waals surface area contributed by atoms with E-state index in [0.29, 0.717) is 26.1 Å². The van der Waals surface area contributed by atoms with Gasteiger partial charge in [-0.2, -0.15) is 13.2 Å². The molecule has 1 saturated heterocycles. The number of hydrogen-bond acceptors (Lipinski definition) is 3. The number of hydrogen-bond donors (Lipinski definition) is 1. The van der Waals surface area contributed by atoms with Gasteiger partial charge in [0.2, 0.25) is 5.91 Å². The lowest BCUT2D eigenvalue weighted by Gasteiger charge is -2.27. The smallest absolute Gasteiger partial charge is 0.340 e. The van der Waals surface area contributed by atoms with Gasteiger partial charge in [-0.1, -0.05) is 20.3 Å². The van der Waals surface area contributed by atoms with Gasteiger partial charge in [0.25, 0.3) is 0 Å². The van der Waals surface area contributed by atoms with Gasteiger partial charge in [0.15, 0.2) is 0 Å². The van der Waals surface area contributed by atoms with Gasteiger partial charge in [0.05, 0.1) is 12.6 Å². The summed E-state index contributed by atoms with van der Waals surface area (Å²) in [6.45, 7) is 4.38. The lowest BCUT2D eigenvalue weighted by molar-refractivity contribution is -0.145. The van der Waals surface area contributed by atoms with E-state index in [-0.39, 0.29) is 30.8 Å². The van der Waals surface area contributed by atoms with Gasteiger partial charge in [0, 0.05) is 26.2 Å². The predicted octanol–water partition coefficient (Wildman–Crippen LogP) is 1.88. The first-order chi connectivity index (χ1) is 9.24. The maximum atomic E-state index is 12.4. The van der Waals surface area contributed by atoms with Crippen LogP contribution < -0.4 is 5.73 Å². The van der Waals surface area contributed by atoms with Crippen LogP contribution in [-0.4, -0.2) is 60.6 Å². The molecule has 0 bridgehead atoms. The molecule has 2 unspecified atom stereocenters. The quantitative estimate of drug-likeness (QED) is 0.855. The summed E-state index contributed by atoms with van der Waals surface area (Å²) in [7, 11) is 0. The second-order valence-electron chi connectivity index (χ2n) is 5.48. The lowest BCUT2D eigenvalue weighted by atomic mass is 9.99. The van der Waals surface area contributed by atoms with Gasteiger partial charge >= 0.3 is 6.18 Å². The molecular formula is C13H25ClF3N3O. The third kappa shape index (κ3) is 6.84. The number of carbonyl (C=O) groups is 1. The van der Waals surface area contributed by atoms with E-state index >= 15 is 0 Å². The monoisotopic (exact) mass is 331 g/mol. The Labute approximate surface area is 130 Å². The summed E-state index contributed by atoms with van der Waals surface area (Å²) in [5.74, 6) is -0.0646. The Kier molecular flexibility index (Phi) is 8.58. The van der Waals surface area contributed by atoms with Crippen LogP contribution in [0.2, 0.25) is 0 Å². The highest BCUT2D eigenvalue weighted by Gasteiger charge is 2.32. The van der Waals surface area contributed by atoms with Crippen LogP contribution in [0.5, 0.6) is 0 Å². The highest BCUT2D eigenvalue weighted by atomic mass is 35.5. The molecule has 0 radical (unpaired) electrons. The molecular weight excluding hydrogens is 307 g/mol. The first kappa shape index (κ1) is 20.5. The van der Waals surface area contributed by atoms with E-state index in [1.165, 1.54) is 4.90 Å². The fourth-order valence-electron chi connectivity index (χ4n) is 2.31. The topological polar surface area (TPSA) is 49.6 Å². The van der Waals surface area contributed by atoms with Crippen molar-refractivity contribution in [2.75, 3.05) is 32.7 Å². The third-order valence-corrected chi connectivity index (χ3v) is 3.85. The molecule has 1 aliphatic rings. The number of rotatable bonds is 4. The summed E-state index contributed by atoms with van der Waals surface area (Å²) in [5.41, 5.74) is 5.90. The molecule has 0 aromatic rings. The molecule has 2 atom stereocenters. The van der Waals surface area contributed by atoms with Crippen molar-refractivity contribution in [1.82, 2.24) is 9.80 Å². The SMILES string of the molecule is CCC(C)C(N)C(=O)N1CCCN(CC(F)(F)F)CC1.Cl. The molecule has 126 valence electrons. The highest BCUT2D eigenvalue weighted by Crippen LogP contribution is 2.18. The maximum absolute atomic E-state index is 12.4. The maximum Gasteiger partial charge on any atom is 0.401 e. The molecule has 1 rings (SSSR count). The molecule has 0 aromatic carbocycles. The standard InChI is InChI=1S/C13H24F3N3O.ClH/c1-3-10(2)11(17)12(20)19-6-4-5-18(7-8-19)9-13(14,15)16;/h10-11H,3-9,17H2,1-2H3;1H. The Morgan fingerprint density at radius 2 is 1.86 bits per heavy atom. The van der Waals surface area contributed by atoms with Crippen LogP contribution in [0, 0.1) is 5.92 Å². The van der Waals surface area contributed by atoms with Crippen LogP contribution in [0.15, 0.2) is 0 Å². The second kappa shape index (κ2) is 8.80. The molecule has 0 spiro atoms. The Bertz CT molecular complexity index is 328. The number of alkyl halides is 3. The first-order valence-corrected chi connectivity index (χ1v) is 7.08. The summed E-state index contributed by atoms with van der Waals surface area (Å²) in [6, 6.07) is -0.561. The van der Waals surface area contributed by atoms with Gasteiger partial charge in [-0.25, -0.2) is 0 Å². The van der Waals surface area contributed by atoms with E-state index in [4.69, 9.17) is 5.73 Å². The van der Waals surface area contributed by atoms with Crippen LogP contribution in [0.1, 0.15) is 26.7 Å². The van der Waals surface area contributed by atoms with Gasteiger partial charge in [-0.3, -0.25) is 9.69 Å². The molecule has 1 fully saturated rings. The normalized spacial score (nSPS) is 20.4. The Balaban J connectivity index is 0.00000400. The van der Waals surface area contributed by atoms with E-state index in [9.17, 15) is 18.0 Å². The summed E-state index contributed by atoms with van der Waals surface area (Å²) in [4.78, 5) is 15.2. The minimum Gasteiger partial charge on any atom is -0.340 e. The third-order valence-electron chi connectivity index (χ3n) is 3.85. The molecule has 2 N–H and O–H groups in total. The Hall–Kier alpha value is -0.530. The summed E-state index contributed by atoms with van der Waals surface area (Å²) < 4.78 is 37.1. The summed E-state index contributed by atoms with van der Waals surface area (Å²) in [5, 5.41) is 0. The zero-order chi connectivity index (χ0) is 15.3. The summed E-state index contributed by atoms with van der Waals surface area (Å²) >= 11 is 0. The lowest BCUT2D eigenvalue weighted by Crippen LogP contribution is -2.48. The van der Waals surface area contributed by atoms with Crippen molar-refractivity contribution in [3.8, 4) is 0 Å². The number of nitrogens with two attached hydrogens (primary N) is 1. The van der Waals surface area contributed by atoms with Crippen LogP contribution >= 0.6 is 12.4 Å². The van der Waals surface area contributed by atoms with Crippen molar-refractivity contribution in [1.29, 1.82) is 0 Å². The average molecular weight is 332 g/mol. The highest BCUT2D eigenvalue weighted by molar-refractivity contribution is 5.85. The van der Waals surface area contributed by atoms with Gasteiger partial charge in [0.1, 0.15) is 0 Å². The van der Waals surface area contributed by atoms with Crippen molar-refractivity contribution < 1.29 is 18.0 Å². The van der Waals surface area contributed by atoms with Crippen molar-refractivity contribution in [2.45, 2.75) is 38.9 Å². The molecule has 1 heterocycles. The Morgan fingerprint density at radius 3 is 2.38 bits per heavy atom. The van der Waals surface area contributed by atoms with Crippen molar-refractivity contribution in [3.63, 3.8) is 0 Å². The van der Waals surface area contributed by atoms with Crippen molar-refractivity contribution >= 4 is 18.3 Å². The van der Waals surface area contributed by atoms with Gasteiger partial charge in [-0.15, -0.1) is 12.4 Å². The van der Waals surface area contributed by atoms with Gasteiger partial charge < -0.3 is 10.6 Å². The number of nitrogens with zero attached hydrogens (tertiary/aromatic N) is 2. The van der Waals surface area contributed by atoms with Crippen LogP contribution in [0.4, 0.5) is 13.2 Å². The van der Waals surface area contributed by atoms with E-state index in [2.05, 4.69) is 0 Å². The Morgan fingerprint density at radius 1 is 1.24 bits per heavy atom. The first-order valence-electron chi connectivity index (χ1n) is 7.08. The number of halogens is 4. The molecule has 4 nitrogen and oxygen atoms in total. The number of amides is 1. The zero-order valence-corrected chi connectivity index (χ0v) is 13.3. The van der Waals surface area contributed by atoms with E-state index < -0.39 is 18.8 Å². The van der Waals surface area contributed by atoms with Crippen LogP contribution in [-0.2, 0) is 4.79 Å². The molecule has 0 aromatic heterocycles. The van der Waals surface area contributed by atoms with E-state index in [1.807, 2.05) is 13.8 Å². The van der Waals surface area contributed by atoms with Crippen LogP contribution in [0.25, 0.3) is 0 Å². The zero-order valence-electron chi connectivity index (χ0n) is 12.5. The van der Waals surface area contributed by atoms with Crippen molar-refractivity contribution in [3.05, 3.63) is 0 Å². The molecule has 0 saturated carbocycles. The molecule has 1 amide bonds. The van der Waals surface area contributed by atoms with E-state index in [1.54, 1.807) is 4.90 Å². The average Bonchev–Trinajstić information content (AvgIpc) is 2.59. The van der Waals surface area contributed by atoms with Crippen molar-refractivity contribution in [2.24, 2.45) is 11.7 Å². The molecule has 8 heteroatoms. The molecule has 0 aliphatic carbocycles. The fraction of sp³-hybridized carbons (Fsp3) is 0.923. The molecule has 21 heavy (non-hydrogen) atoms. The van der Waals surface area contributed by atoms with E-state index in [0.717, 1.165) is 6.42 Å². The second-order valence-corrected chi connectivity index (χ2v) is 5.48. The molecule has 1 aliphatic heterocycles. The predicted molar refractivity (Wildman–Crippen MR) is 78.4 cm³/mol.